The highest BCUT2D eigenvalue weighted by molar-refractivity contribution is 5.81. The summed E-state index contributed by atoms with van der Waals surface area (Å²) in [5, 5.41) is 2.97. The van der Waals surface area contributed by atoms with E-state index >= 15 is 0 Å². The van der Waals surface area contributed by atoms with Crippen LogP contribution in [0.5, 0.6) is 11.5 Å². The predicted octanol–water partition coefficient (Wildman–Crippen LogP) is 5.09. The van der Waals surface area contributed by atoms with Gasteiger partial charge < -0.3 is 14.8 Å². The molecule has 4 nitrogen and oxygen atoms in total. The summed E-state index contributed by atoms with van der Waals surface area (Å²) in [6.45, 7) is 14.5. The van der Waals surface area contributed by atoms with Crippen molar-refractivity contribution in [3.05, 3.63) is 58.7 Å². The molecule has 0 saturated heterocycles. The molecule has 0 spiro atoms. The summed E-state index contributed by atoms with van der Waals surface area (Å²) in [5.41, 5.74) is 4.64. The van der Waals surface area contributed by atoms with E-state index in [0.29, 0.717) is 12.5 Å². The van der Waals surface area contributed by atoms with Crippen LogP contribution in [0.25, 0.3) is 0 Å². The first kappa shape index (κ1) is 21.8. The van der Waals surface area contributed by atoms with Crippen LogP contribution in [0, 0.1) is 20.8 Å². The van der Waals surface area contributed by atoms with Gasteiger partial charge in [0.2, 0.25) is 0 Å². The Morgan fingerprint density at radius 2 is 1.68 bits per heavy atom. The van der Waals surface area contributed by atoms with Crippen LogP contribution in [0.4, 0.5) is 0 Å². The molecule has 0 aromatic heterocycles. The van der Waals surface area contributed by atoms with E-state index in [-0.39, 0.29) is 11.9 Å². The number of aryl methyl sites for hydroxylation is 3. The Morgan fingerprint density at radius 3 is 2.32 bits per heavy atom. The van der Waals surface area contributed by atoms with E-state index in [9.17, 15) is 4.79 Å². The van der Waals surface area contributed by atoms with Gasteiger partial charge in [-0.15, -0.1) is 0 Å². The number of hydrogen-bond acceptors (Lipinski definition) is 3. The van der Waals surface area contributed by atoms with Crippen molar-refractivity contribution in [3.8, 4) is 11.5 Å². The number of rotatable bonds is 8. The highest BCUT2D eigenvalue weighted by atomic mass is 16.5. The first-order valence-corrected chi connectivity index (χ1v) is 9.95. The number of carbonyl (C=O) groups is 1. The summed E-state index contributed by atoms with van der Waals surface area (Å²) in [6.07, 6.45) is -0.580. The lowest BCUT2D eigenvalue weighted by molar-refractivity contribution is -0.128. The summed E-state index contributed by atoms with van der Waals surface area (Å²) < 4.78 is 11.8. The van der Waals surface area contributed by atoms with E-state index in [4.69, 9.17) is 9.47 Å². The van der Waals surface area contributed by atoms with Crippen LogP contribution in [0.3, 0.4) is 0 Å². The van der Waals surface area contributed by atoms with Crippen LogP contribution in [-0.4, -0.2) is 24.7 Å². The molecule has 0 bridgehead atoms. The Hall–Kier alpha value is -2.49. The molecule has 0 aliphatic carbocycles. The van der Waals surface area contributed by atoms with Gasteiger partial charge in [0.05, 0.1) is 6.04 Å². The summed E-state index contributed by atoms with van der Waals surface area (Å²) >= 11 is 0. The van der Waals surface area contributed by atoms with Crippen molar-refractivity contribution in [2.24, 2.45) is 0 Å². The zero-order valence-electron chi connectivity index (χ0n) is 18.1. The highest BCUT2D eigenvalue weighted by Gasteiger charge is 2.19. The van der Waals surface area contributed by atoms with Gasteiger partial charge >= 0.3 is 0 Å². The Morgan fingerprint density at radius 1 is 0.964 bits per heavy atom. The molecule has 0 unspecified atom stereocenters. The molecule has 1 amide bonds. The SMILES string of the molecule is Cc1ccc(C(C)C)c(O[C@H](C)C(=O)N[C@H](C)COc2ccc(C)c(C)c2)c1. The zero-order chi connectivity index (χ0) is 20.8. The lowest BCUT2D eigenvalue weighted by Gasteiger charge is -2.21. The van der Waals surface area contributed by atoms with Crippen LogP contribution in [0.1, 0.15) is 55.9 Å². The molecule has 0 fully saturated rings. The fourth-order valence-corrected chi connectivity index (χ4v) is 2.89. The molecule has 1 N–H and O–H groups in total. The molecule has 2 rings (SSSR count). The third kappa shape index (κ3) is 6.01. The summed E-state index contributed by atoms with van der Waals surface area (Å²) in [7, 11) is 0. The normalized spacial score (nSPS) is 13.1. The number of ether oxygens (including phenoxy) is 2. The monoisotopic (exact) mass is 383 g/mol. The molecule has 0 saturated carbocycles. The molecule has 0 aliphatic heterocycles. The van der Waals surface area contributed by atoms with E-state index in [1.807, 2.05) is 38.1 Å². The van der Waals surface area contributed by atoms with E-state index in [0.717, 1.165) is 22.6 Å². The van der Waals surface area contributed by atoms with E-state index in [2.05, 4.69) is 45.1 Å². The molecule has 28 heavy (non-hydrogen) atoms. The third-order valence-electron chi connectivity index (χ3n) is 4.83. The minimum Gasteiger partial charge on any atom is -0.491 e. The number of carbonyl (C=O) groups excluding carboxylic acids is 1. The highest BCUT2D eigenvalue weighted by Crippen LogP contribution is 2.28. The maximum atomic E-state index is 12.5. The second-order valence-electron chi connectivity index (χ2n) is 7.92. The summed E-state index contributed by atoms with van der Waals surface area (Å²) in [4.78, 5) is 12.5. The predicted molar refractivity (Wildman–Crippen MR) is 114 cm³/mol. The third-order valence-corrected chi connectivity index (χ3v) is 4.83. The summed E-state index contributed by atoms with van der Waals surface area (Å²) in [5.74, 6) is 1.77. The topological polar surface area (TPSA) is 47.6 Å². The Balaban J connectivity index is 1.91. The number of amides is 1. The number of nitrogens with one attached hydrogen (secondary N) is 1. The number of hydrogen-bond donors (Lipinski definition) is 1. The van der Waals surface area contributed by atoms with Crippen LogP contribution in [-0.2, 0) is 4.79 Å². The second-order valence-corrected chi connectivity index (χ2v) is 7.92. The minimum atomic E-state index is -0.580. The van der Waals surface area contributed by atoms with E-state index in [1.165, 1.54) is 11.1 Å². The minimum absolute atomic E-state index is 0.123. The first-order chi connectivity index (χ1) is 13.2. The molecule has 152 valence electrons. The van der Waals surface area contributed by atoms with Crippen molar-refractivity contribution in [1.82, 2.24) is 5.32 Å². The molecular formula is C24H33NO3. The van der Waals surface area contributed by atoms with Gasteiger partial charge in [0, 0.05) is 0 Å². The van der Waals surface area contributed by atoms with E-state index in [1.54, 1.807) is 6.92 Å². The van der Waals surface area contributed by atoms with Gasteiger partial charge in [0.25, 0.3) is 5.91 Å². The van der Waals surface area contributed by atoms with Gasteiger partial charge in [-0.05, 0) is 81.0 Å². The lowest BCUT2D eigenvalue weighted by Crippen LogP contribution is -2.43. The van der Waals surface area contributed by atoms with Gasteiger partial charge in [0.1, 0.15) is 18.1 Å². The van der Waals surface area contributed by atoms with Crippen molar-refractivity contribution in [2.45, 2.75) is 66.5 Å². The average molecular weight is 384 g/mol. The molecule has 0 aliphatic rings. The second kappa shape index (κ2) is 9.63. The maximum Gasteiger partial charge on any atom is 0.261 e. The zero-order valence-corrected chi connectivity index (χ0v) is 18.1. The molecule has 0 heterocycles. The lowest BCUT2D eigenvalue weighted by atomic mass is 10.0. The van der Waals surface area contributed by atoms with Gasteiger partial charge in [-0.2, -0.15) is 0 Å². The molecule has 0 radical (unpaired) electrons. The fraction of sp³-hybridized carbons (Fsp3) is 0.458. The molecular weight excluding hydrogens is 350 g/mol. The summed E-state index contributed by atoms with van der Waals surface area (Å²) in [6, 6.07) is 12.0. The fourth-order valence-electron chi connectivity index (χ4n) is 2.89. The first-order valence-electron chi connectivity index (χ1n) is 9.95. The Kier molecular flexibility index (Phi) is 7.50. The molecule has 2 aromatic rings. The quantitative estimate of drug-likeness (QED) is 0.691. The van der Waals surface area contributed by atoms with Gasteiger partial charge in [-0.25, -0.2) is 0 Å². The molecule has 2 aromatic carbocycles. The Bertz CT molecular complexity index is 813. The van der Waals surface area contributed by atoms with Crippen LogP contribution < -0.4 is 14.8 Å². The standard InChI is InChI=1S/C24H33NO3/c1-15(2)22-11-8-16(3)12-23(22)28-20(7)24(26)25-19(6)14-27-21-10-9-17(4)18(5)13-21/h8-13,15,19-20H,14H2,1-7H3,(H,25,26)/t19-,20-/m1/s1. The molecule has 2 atom stereocenters. The smallest absolute Gasteiger partial charge is 0.261 e. The van der Waals surface area contributed by atoms with Gasteiger partial charge in [-0.1, -0.05) is 32.0 Å². The average Bonchev–Trinajstić information content (AvgIpc) is 2.62. The van der Waals surface area contributed by atoms with Gasteiger partial charge in [0.15, 0.2) is 6.10 Å². The van der Waals surface area contributed by atoms with E-state index < -0.39 is 6.10 Å². The van der Waals surface area contributed by atoms with Crippen LogP contribution in [0.15, 0.2) is 36.4 Å². The van der Waals surface area contributed by atoms with Crippen molar-refractivity contribution in [1.29, 1.82) is 0 Å². The molecule has 4 heteroatoms. The van der Waals surface area contributed by atoms with Crippen LogP contribution >= 0.6 is 0 Å². The van der Waals surface area contributed by atoms with Crippen LogP contribution in [0.2, 0.25) is 0 Å². The maximum absolute atomic E-state index is 12.5. The van der Waals surface area contributed by atoms with Crippen molar-refractivity contribution >= 4 is 5.91 Å². The largest absolute Gasteiger partial charge is 0.491 e. The Labute approximate surface area is 169 Å². The number of benzene rings is 2. The van der Waals surface area contributed by atoms with Gasteiger partial charge in [-0.3, -0.25) is 4.79 Å². The van der Waals surface area contributed by atoms with Crippen molar-refractivity contribution in [3.63, 3.8) is 0 Å². The van der Waals surface area contributed by atoms with Crippen molar-refractivity contribution in [2.75, 3.05) is 6.61 Å². The van der Waals surface area contributed by atoms with Crippen molar-refractivity contribution < 1.29 is 14.3 Å².